The van der Waals surface area contributed by atoms with Crippen molar-refractivity contribution in [3.05, 3.63) is 90.1 Å². The molecule has 0 spiro atoms. The minimum atomic E-state index is -0.954. The van der Waals surface area contributed by atoms with Gasteiger partial charge in [-0.25, -0.2) is 0 Å². The van der Waals surface area contributed by atoms with Crippen molar-refractivity contribution in [2.45, 2.75) is 12.0 Å². The number of pyridine rings is 3. The topological polar surface area (TPSA) is 119 Å². The summed E-state index contributed by atoms with van der Waals surface area (Å²) in [5.74, 6) is 0.403. The van der Waals surface area contributed by atoms with Crippen LogP contribution < -0.4 is 10.3 Å². The number of primary amides is 1. The summed E-state index contributed by atoms with van der Waals surface area (Å²) in [5.41, 5.74) is 8.05. The molecule has 3 aromatic heterocycles. The van der Waals surface area contributed by atoms with Gasteiger partial charge >= 0.3 is 0 Å². The Balaban J connectivity index is 2.07. The number of carbonyl (C=O) groups is 1. The molecule has 2 N–H and O–H groups in total. The van der Waals surface area contributed by atoms with Crippen LogP contribution in [0, 0.1) is 11.3 Å². The molecule has 3 heterocycles. The highest BCUT2D eigenvalue weighted by atomic mass is 16.1. The predicted molar refractivity (Wildman–Crippen MR) is 103 cm³/mol. The number of allylic oxidation sites excluding steroid dienone is 1. The highest BCUT2D eigenvalue weighted by Crippen LogP contribution is 2.31. The fourth-order valence-electron chi connectivity index (χ4n) is 3.07. The number of hydrogen-bond acceptors (Lipinski definition) is 4. The molecular weight excluding hydrogens is 352 g/mol. The van der Waals surface area contributed by atoms with Crippen LogP contribution >= 0.6 is 0 Å². The molecule has 0 bridgehead atoms. The van der Waals surface area contributed by atoms with Gasteiger partial charge in [0.1, 0.15) is 6.07 Å². The molecule has 3 rings (SSSR count). The van der Waals surface area contributed by atoms with E-state index in [1.54, 1.807) is 47.7 Å². The average molecular weight is 368 g/mol. The minimum absolute atomic E-state index is 0.109. The van der Waals surface area contributed by atoms with Crippen LogP contribution in [0.5, 0.6) is 0 Å². The van der Waals surface area contributed by atoms with E-state index in [-0.39, 0.29) is 5.57 Å². The molecule has 2 atom stereocenters. The predicted octanol–water partition coefficient (Wildman–Crippen LogP) is 1.93. The van der Waals surface area contributed by atoms with Crippen LogP contribution in [0.15, 0.2) is 79.2 Å². The third-order valence-electron chi connectivity index (χ3n) is 4.39. The first-order valence-electron chi connectivity index (χ1n) is 8.43. The van der Waals surface area contributed by atoms with Crippen LogP contribution in [0.1, 0.15) is 17.5 Å². The second-order valence-corrected chi connectivity index (χ2v) is 6.02. The Bertz CT molecular complexity index is 1050. The van der Waals surface area contributed by atoms with Crippen molar-refractivity contribution in [1.82, 2.24) is 9.97 Å². The summed E-state index contributed by atoms with van der Waals surface area (Å²) in [6, 6.07) is 11.8. The summed E-state index contributed by atoms with van der Waals surface area (Å²) in [4.78, 5) is 20.4. The van der Waals surface area contributed by atoms with E-state index in [2.05, 4.69) is 9.97 Å². The van der Waals surface area contributed by atoms with E-state index in [1.807, 2.05) is 36.2 Å². The molecule has 0 aliphatic carbocycles. The first-order valence-corrected chi connectivity index (χ1v) is 8.43. The summed E-state index contributed by atoms with van der Waals surface area (Å²) in [7, 11) is 0. The molecule has 0 aliphatic rings. The molecular formula is C21H16N6O. The van der Waals surface area contributed by atoms with E-state index in [9.17, 15) is 15.5 Å². The average Bonchev–Trinajstić information content (AvgIpc) is 2.75. The van der Waals surface area contributed by atoms with Crippen LogP contribution in [-0.2, 0) is 4.79 Å². The van der Waals surface area contributed by atoms with Crippen molar-refractivity contribution >= 4 is 11.8 Å². The number of hydrogen-bond donors (Lipinski definition) is 1. The zero-order chi connectivity index (χ0) is 19.9. The second kappa shape index (κ2) is 8.49. The SMILES string of the molecule is N#CC(=C=[N-])[C@H](c1cccnc1)[C@H](C(N)=O)[n+]1ccc(-c2ccncc2)cc1. The lowest BCUT2D eigenvalue weighted by Crippen LogP contribution is -2.49. The molecule has 136 valence electrons. The third-order valence-corrected chi connectivity index (χ3v) is 4.39. The standard InChI is InChI=1S/C21H16N6O/c22-12-18(13-23)19(17-2-1-7-26-14-17)20(21(24)28)27-10-5-16(6-11-27)15-3-8-25-9-4-15/h1-11,14,19-20H,(H2,24,28)/t19-,20+/m0/s1. The fraction of sp³-hybridized carbons (Fsp3) is 0.0952. The first kappa shape index (κ1) is 18.6. The van der Waals surface area contributed by atoms with Gasteiger partial charge in [0.25, 0.3) is 5.91 Å². The molecule has 0 aromatic carbocycles. The largest absolute Gasteiger partial charge is 0.762 e. The minimum Gasteiger partial charge on any atom is -0.762 e. The molecule has 0 fully saturated rings. The lowest BCUT2D eigenvalue weighted by Gasteiger charge is -2.20. The molecule has 3 aromatic rings. The molecule has 0 radical (unpaired) electrons. The molecule has 0 saturated heterocycles. The molecule has 7 nitrogen and oxygen atoms in total. The zero-order valence-corrected chi connectivity index (χ0v) is 14.8. The van der Waals surface area contributed by atoms with E-state index in [4.69, 9.17) is 5.73 Å². The highest BCUT2D eigenvalue weighted by molar-refractivity contribution is 5.81. The van der Waals surface area contributed by atoms with Crippen LogP contribution in [0.25, 0.3) is 16.5 Å². The molecule has 0 aliphatic heterocycles. The highest BCUT2D eigenvalue weighted by Gasteiger charge is 2.38. The summed E-state index contributed by atoms with van der Waals surface area (Å²) in [6.45, 7) is 0. The Morgan fingerprint density at radius 2 is 1.75 bits per heavy atom. The van der Waals surface area contributed by atoms with E-state index in [1.165, 1.54) is 6.20 Å². The van der Waals surface area contributed by atoms with E-state index in [0.29, 0.717) is 5.56 Å². The Morgan fingerprint density at radius 3 is 2.29 bits per heavy atom. The number of nitriles is 1. The Labute approximate surface area is 161 Å². The van der Waals surface area contributed by atoms with Crippen molar-refractivity contribution in [2.24, 2.45) is 5.73 Å². The van der Waals surface area contributed by atoms with Crippen LogP contribution in [0.3, 0.4) is 0 Å². The number of amides is 1. The molecule has 0 saturated carbocycles. The number of rotatable bonds is 6. The molecule has 28 heavy (non-hydrogen) atoms. The number of carbonyl (C=O) groups excluding carboxylic acids is 1. The van der Waals surface area contributed by atoms with Gasteiger partial charge in [0.2, 0.25) is 6.04 Å². The fourth-order valence-corrected chi connectivity index (χ4v) is 3.07. The number of nitrogens with two attached hydrogens (primary N) is 1. The van der Waals surface area contributed by atoms with Crippen LogP contribution in [-0.4, -0.2) is 21.7 Å². The van der Waals surface area contributed by atoms with Crippen molar-refractivity contribution in [1.29, 1.82) is 5.26 Å². The number of aromatic nitrogens is 3. The van der Waals surface area contributed by atoms with Gasteiger partial charge in [-0.2, -0.15) is 9.83 Å². The van der Waals surface area contributed by atoms with Crippen molar-refractivity contribution in [3.8, 4) is 17.2 Å². The summed E-state index contributed by atoms with van der Waals surface area (Å²) >= 11 is 0. The molecule has 7 heteroatoms. The molecule has 0 unspecified atom stereocenters. The summed E-state index contributed by atoms with van der Waals surface area (Å²) < 4.78 is 1.61. The smallest absolute Gasteiger partial charge is 0.287 e. The summed E-state index contributed by atoms with van der Waals surface area (Å²) in [5, 5.41) is 18.9. The van der Waals surface area contributed by atoms with Crippen LogP contribution in [0.4, 0.5) is 0 Å². The normalized spacial score (nSPS) is 12.2. The second-order valence-electron chi connectivity index (χ2n) is 6.02. The van der Waals surface area contributed by atoms with Gasteiger partial charge in [-0.15, -0.1) is 0 Å². The van der Waals surface area contributed by atoms with E-state index < -0.39 is 17.9 Å². The Hall–Kier alpha value is -4.14. The van der Waals surface area contributed by atoms with Gasteiger partial charge < -0.3 is 11.1 Å². The Kier molecular flexibility index (Phi) is 5.66. The maximum absolute atomic E-state index is 12.3. The third kappa shape index (κ3) is 3.83. The van der Waals surface area contributed by atoms with Crippen molar-refractivity contribution in [2.75, 3.05) is 0 Å². The van der Waals surface area contributed by atoms with Gasteiger partial charge in [-0.3, -0.25) is 20.6 Å². The quantitative estimate of drug-likeness (QED) is 0.406. The van der Waals surface area contributed by atoms with Crippen molar-refractivity contribution in [3.63, 3.8) is 0 Å². The zero-order valence-electron chi connectivity index (χ0n) is 14.8. The maximum atomic E-state index is 12.3. The van der Waals surface area contributed by atoms with Gasteiger partial charge in [0.05, 0.1) is 11.5 Å². The van der Waals surface area contributed by atoms with Gasteiger partial charge in [-0.05, 0) is 34.9 Å². The van der Waals surface area contributed by atoms with Gasteiger partial charge in [0, 0.05) is 36.9 Å². The monoisotopic (exact) mass is 368 g/mol. The lowest BCUT2D eigenvalue weighted by molar-refractivity contribution is -0.711. The Morgan fingerprint density at radius 1 is 1.07 bits per heavy atom. The van der Waals surface area contributed by atoms with E-state index in [0.717, 1.165) is 11.1 Å². The van der Waals surface area contributed by atoms with Crippen molar-refractivity contribution < 1.29 is 9.36 Å². The first-order chi connectivity index (χ1) is 13.7. The van der Waals surface area contributed by atoms with Gasteiger partial charge in [-0.1, -0.05) is 6.07 Å². The molecule has 1 amide bonds. The van der Waals surface area contributed by atoms with E-state index >= 15 is 0 Å². The lowest BCUT2D eigenvalue weighted by atomic mass is 9.86. The summed E-state index contributed by atoms with van der Waals surface area (Å²) in [6.07, 6.45) is 9.92. The maximum Gasteiger partial charge on any atom is 0.287 e. The van der Waals surface area contributed by atoms with Gasteiger partial charge in [0.15, 0.2) is 12.4 Å². The van der Waals surface area contributed by atoms with Crippen LogP contribution in [0.2, 0.25) is 0 Å². The number of nitrogens with zero attached hydrogens (tertiary/aromatic N) is 5.